The van der Waals surface area contributed by atoms with E-state index in [1.165, 1.54) is 11.3 Å². The molecule has 1 heterocycles. The van der Waals surface area contributed by atoms with Crippen molar-refractivity contribution in [2.45, 2.75) is 39.4 Å². The van der Waals surface area contributed by atoms with Crippen LogP contribution in [-0.2, 0) is 13.1 Å². The molecule has 0 fully saturated rings. The first-order valence-electron chi connectivity index (χ1n) is 7.12. The van der Waals surface area contributed by atoms with Crippen molar-refractivity contribution in [1.82, 2.24) is 15.1 Å². The maximum absolute atomic E-state index is 5.26. The molecule has 0 spiro atoms. The lowest BCUT2D eigenvalue weighted by atomic mass is 10.1. The Bertz CT molecular complexity index is 536. The molecule has 2 rings (SSSR count). The average molecular weight is 273 g/mol. The highest BCUT2D eigenvalue weighted by Crippen LogP contribution is 2.19. The molecule has 20 heavy (non-hydrogen) atoms. The van der Waals surface area contributed by atoms with E-state index in [1.807, 2.05) is 18.3 Å². The van der Waals surface area contributed by atoms with Gasteiger partial charge in [0.2, 0.25) is 0 Å². The highest BCUT2D eigenvalue weighted by Gasteiger charge is 2.08. The Morgan fingerprint density at radius 1 is 1.35 bits per heavy atom. The molecule has 0 saturated heterocycles. The molecule has 1 aromatic carbocycles. The van der Waals surface area contributed by atoms with E-state index in [2.05, 4.69) is 47.1 Å². The lowest BCUT2D eigenvalue weighted by molar-refractivity contribution is 0.413. The van der Waals surface area contributed by atoms with Gasteiger partial charge in [0.1, 0.15) is 5.75 Å². The topological polar surface area (TPSA) is 39.1 Å². The maximum Gasteiger partial charge on any atom is 0.119 e. The summed E-state index contributed by atoms with van der Waals surface area (Å²) in [6.07, 6.45) is 2.96. The minimum atomic E-state index is 0.273. The van der Waals surface area contributed by atoms with Crippen LogP contribution in [-0.4, -0.2) is 16.9 Å². The molecular formula is C16H23N3O. The standard InChI is InChI=1S/C16H23N3O/c1-4-10-19-15(8-9-18-19)12-17-13(2)14-6-5-7-16(11-14)20-3/h5-9,11,13,17H,4,10,12H2,1-3H3/t13-/m1/s1. The molecule has 1 aromatic heterocycles. The fourth-order valence-electron chi connectivity index (χ4n) is 2.21. The largest absolute Gasteiger partial charge is 0.497 e. The number of benzene rings is 1. The van der Waals surface area contributed by atoms with Crippen LogP contribution in [0.25, 0.3) is 0 Å². The summed E-state index contributed by atoms with van der Waals surface area (Å²) < 4.78 is 7.33. The molecule has 4 heteroatoms. The van der Waals surface area contributed by atoms with Crippen molar-refractivity contribution in [2.75, 3.05) is 7.11 Å². The molecule has 4 nitrogen and oxygen atoms in total. The van der Waals surface area contributed by atoms with Gasteiger partial charge in [-0.05, 0) is 37.1 Å². The maximum atomic E-state index is 5.26. The molecule has 0 aliphatic rings. The van der Waals surface area contributed by atoms with Gasteiger partial charge in [-0.1, -0.05) is 19.1 Å². The van der Waals surface area contributed by atoms with Crippen LogP contribution >= 0.6 is 0 Å². The smallest absolute Gasteiger partial charge is 0.119 e. The molecule has 0 bridgehead atoms. The van der Waals surface area contributed by atoms with Crippen LogP contribution in [0.2, 0.25) is 0 Å². The Morgan fingerprint density at radius 2 is 2.20 bits per heavy atom. The molecule has 1 atom stereocenters. The van der Waals surface area contributed by atoms with Crippen molar-refractivity contribution < 1.29 is 4.74 Å². The number of hydrogen-bond acceptors (Lipinski definition) is 3. The third-order valence-corrected chi connectivity index (χ3v) is 3.42. The van der Waals surface area contributed by atoms with E-state index < -0.39 is 0 Å². The van der Waals surface area contributed by atoms with E-state index in [4.69, 9.17) is 4.74 Å². The first-order valence-corrected chi connectivity index (χ1v) is 7.12. The lowest BCUT2D eigenvalue weighted by Crippen LogP contribution is -2.20. The molecule has 2 aromatic rings. The number of aryl methyl sites for hydroxylation is 1. The Kier molecular flexibility index (Phi) is 5.18. The van der Waals surface area contributed by atoms with Crippen LogP contribution in [0.4, 0.5) is 0 Å². The normalized spacial score (nSPS) is 12.3. The van der Waals surface area contributed by atoms with E-state index in [0.29, 0.717) is 0 Å². The Labute approximate surface area is 120 Å². The summed E-state index contributed by atoms with van der Waals surface area (Å²) >= 11 is 0. The summed E-state index contributed by atoms with van der Waals surface area (Å²) in [5.74, 6) is 0.896. The van der Waals surface area contributed by atoms with Crippen LogP contribution in [0.5, 0.6) is 5.75 Å². The zero-order valence-corrected chi connectivity index (χ0v) is 12.5. The molecule has 0 amide bonds. The molecular weight excluding hydrogens is 250 g/mol. The van der Waals surface area contributed by atoms with Crippen molar-refractivity contribution >= 4 is 0 Å². The first-order chi connectivity index (χ1) is 9.74. The van der Waals surface area contributed by atoms with Crippen LogP contribution in [0.1, 0.15) is 37.6 Å². The second kappa shape index (κ2) is 7.10. The SMILES string of the molecule is CCCn1nccc1CN[C@H](C)c1cccc(OC)c1. The minimum absolute atomic E-state index is 0.273. The molecule has 0 unspecified atom stereocenters. The third kappa shape index (κ3) is 3.61. The van der Waals surface area contributed by atoms with Gasteiger partial charge in [-0.2, -0.15) is 5.10 Å². The summed E-state index contributed by atoms with van der Waals surface area (Å²) in [5, 5.41) is 7.88. The van der Waals surface area contributed by atoms with E-state index in [-0.39, 0.29) is 6.04 Å². The van der Waals surface area contributed by atoms with E-state index in [9.17, 15) is 0 Å². The number of nitrogens with zero attached hydrogens (tertiary/aromatic N) is 2. The van der Waals surface area contributed by atoms with Gasteiger partial charge in [0.05, 0.1) is 12.8 Å². The van der Waals surface area contributed by atoms with Crippen molar-refractivity contribution in [3.63, 3.8) is 0 Å². The first kappa shape index (κ1) is 14.6. The van der Waals surface area contributed by atoms with Gasteiger partial charge in [-0.3, -0.25) is 4.68 Å². The number of rotatable bonds is 7. The summed E-state index contributed by atoms with van der Waals surface area (Å²) in [6, 6.07) is 10.5. The van der Waals surface area contributed by atoms with E-state index >= 15 is 0 Å². The number of ether oxygens (including phenoxy) is 1. The molecule has 1 N–H and O–H groups in total. The van der Waals surface area contributed by atoms with Gasteiger partial charge < -0.3 is 10.1 Å². The van der Waals surface area contributed by atoms with Crippen LogP contribution in [0, 0.1) is 0 Å². The summed E-state index contributed by atoms with van der Waals surface area (Å²) in [5.41, 5.74) is 2.45. The summed E-state index contributed by atoms with van der Waals surface area (Å²) in [6.45, 7) is 6.11. The van der Waals surface area contributed by atoms with Gasteiger partial charge in [0, 0.05) is 25.3 Å². The highest BCUT2D eigenvalue weighted by atomic mass is 16.5. The fourth-order valence-corrected chi connectivity index (χ4v) is 2.21. The molecule has 0 saturated carbocycles. The lowest BCUT2D eigenvalue weighted by Gasteiger charge is -2.15. The highest BCUT2D eigenvalue weighted by molar-refractivity contribution is 5.30. The van der Waals surface area contributed by atoms with E-state index in [1.54, 1.807) is 7.11 Å². The Morgan fingerprint density at radius 3 is 2.95 bits per heavy atom. The van der Waals surface area contributed by atoms with Crippen LogP contribution < -0.4 is 10.1 Å². The number of aromatic nitrogens is 2. The molecule has 0 aliphatic carbocycles. The molecule has 0 aliphatic heterocycles. The van der Waals surface area contributed by atoms with Crippen LogP contribution in [0.3, 0.4) is 0 Å². The Balaban J connectivity index is 1.97. The minimum Gasteiger partial charge on any atom is -0.497 e. The second-order valence-electron chi connectivity index (χ2n) is 4.92. The van der Waals surface area contributed by atoms with Crippen molar-refractivity contribution in [3.05, 3.63) is 47.8 Å². The second-order valence-corrected chi connectivity index (χ2v) is 4.92. The van der Waals surface area contributed by atoms with E-state index in [0.717, 1.165) is 25.3 Å². The summed E-state index contributed by atoms with van der Waals surface area (Å²) in [4.78, 5) is 0. The van der Waals surface area contributed by atoms with Gasteiger partial charge >= 0.3 is 0 Å². The third-order valence-electron chi connectivity index (χ3n) is 3.42. The molecule has 0 radical (unpaired) electrons. The quantitative estimate of drug-likeness (QED) is 0.842. The summed E-state index contributed by atoms with van der Waals surface area (Å²) in [7, 11) is 1.69. The van der Waals surface area contributed by atoms with Crippen molar-refractivity contribution in [2.24, 2.45) is 0 Å². The number of nitrogens with one attached hydrogen (secondary N) is 1. The van der Waals surface area contributed by atoms with Gasteiger partial charge in [0.15, 0.2) is 0 Å². The van der Waals surface area contributed by atoms with Gasteiger partial charge in [0.25, 0.3) is 0 Å². The Hall–Kier alpha value is -1.81. The zero-order valence-electron chi connectivity index (χ0n) is 12.5. The van der Waals surface area contributed by atoms with Gasteiger partial charge in [-0.15, -0.1) is 0 Å². The van der Waals surface area contributed by atoms with Crippen LogP contribution in [0.15, 0.2) is 36.5 Å². The van der Waals surface area contributed by atoms with Gasteiger partial charge in [-0.25, -0.2) is 0 Å². The number of methoxy groups -OCH3 is 1. The zero-order chi connectivity index (χ0) is 14.4. The van der Waals surface area contributed by atoms with Crippen molar-refractivity contribution in [1.29, 1.82) is 0 Å². The van der Waals surface area contributed by atoms with Crippen molar-refractivity contribution in [3.8, 4) is 5.75 Å². The fraction of sp³-hybridized carbons (Fsp3) is 0.438. The number of hydrogen-bond donors (Lipinski definition) is 1. The monoisotopic (exact) mass is 273 g/mol. The average Bonchev–Trinajstić information content (AvgIpc) is 2.92. The molecule has 108 valence electrons. The predicted octanol–water partition coefficient (Wildman–Crippen LogP) is 3.15. The predicted molar refractivity (Wildman–Crippen MR) is 80.8 cm³/mol.